The first-order valence-corrected chi connectivity index (χ1v) is 32.1. The quantitative estimate of drug-likeness (QED) is 0.0190. The van der Waals surface area contributed by atoms with Gasteiger partial charge in [0.25, 0.3) is 5.91 Å². The highest BCUT2D eigenvalue weighted by molar-refractivity contribution is 5.92. The van der Waals surface area contributed by atoms with E-state index in [1.807, 2.05) is 6.08 Å². The average Bonchev–Trinajstić information content (AvgIpc) is 2.30. The summed E-state index contributed by atoms with van der Waals surface area (Å²) in [7, 11) is 0. The highest BCUT2D eigenvalue weighted by Crippen LogP contribution is 2.32. The average molecular weight is 1210 g/mol. The summed E-state index contributed by atoms with van der Waals surface area (Å²) in [5.74, 6) is -5.50. The van der Waals surface area contributed by atoms with Crippen LogP contribution in [0.4, 0.5) is 0 Å². The van der Waals surface area contributed by atoms with Crippen LogP contribution in [0.15, 0.2) is 146 Å². The molecule has 0 unspecified atom stereocenters. The Hall–Kier alpha value is -7.43. The number of amides is 1. The first-order valence-electron chi connectivity index (χ1n) is 32.1. The van der Waals surface area contributed by atoms with Gasteiger partial charge in [-0.3, -0.25) is 14.4 Å². The van der Waals surface area contributed by atoms with E-state index < -0.39 is 104 Å². The largest absolute Gasteiger partial charge is 0.459 e. The monoisotopic (exact) mass is 1210 g/mol. The Kier molecular flexibility index (Phi) is 34.4. The van der Waals surface area contributed by atoms with Crippen LogP contribution in [-0.4, -0.2) is 104 Å². The van der Waals surface area contributed by atoms with Crippen LogP contribution < -0.4 is 5.32 Å². The van der Waals surface area contributed by atoms with E-state index in [9.17, 15) is 33.6 Å². The lowest BCUT2D eigenvalue weighted by Crippen LogP contribution is -2.63. The molecular weight excluding hydrogens is 1120 g/mol. The number of carbonyl (C=O) groups excluding carboxylic acids is 7. The number of hydrogen-bond donors (Lipinski definition) is 1. The standard InChI is InChI=1S/C72H95NO15/c1-5-7-9-11-13-15-17-19-21-22-24-26-40-50-61(83-54(3)74)60(73-67(76)62(84-55(4)75)51-41-27-25-23-20-18-16-14-12-10-8-6-2)52-82-72-66(88-71(80)59-48-38-31-39-49-59)65(87-70(79)58-46-36-30-37-47-58)64(86-69(78)57-44-34-29-35-45-57)63(85-72)53-81-68(77)56-42-32-28-33-43-56/h21-22,28-40,42-50,60-66,72H,5-20,23-27,41,51-53H2,1-4H3,(H,73,76)/b22-21+,50-40+/t60-,61+,62+,63+,64+,65-,66+,72+/m0/s1. The molecule has 1 saturated heterocycles. The Balaban J connectivity index is 1.50. The summed E-state index contributed by atoms with van der Waals surface area (Å²) in [5.41, 5.74) is 0.487. The lowest BCUT2D eigenvalue weighted by atomic mass is 9.97. The third-order valence-electron chi connectivity index (χ3n) is 15.1. The van der Waals surface area contributed by atoms with E-state index >= 15 is 0 Å². The molecule has 0 saturated carbocycles. The van der Waals surface area contributed by atoms with Gasteiger partial charge in [0.2, 0.25) is 0 Å². The SMILES string of the molecule is CCCCCCCCC/C=C/CC/C=C/[C@@H](OC(C)=O)[C@H](CO[C@@H]1O[C@H](COC(=O)c2ccccc2)[C@@H](OC(=O)c2ccccc2)[C@H](OC(=O)c2ccccc2)[C@H]1OC(=O)c1ccccc1)NC(=O)[C@@H](CCCCCCCCCCCCCC)OC(C)=O. The van der Waals surface area contributed by atoms with E-state index in [0.717, 1.165) is 38.5 Å². The maximum atomic E-state index is 14.6. The summed E-state index contributed by atoms with van der Waals surface area (Å²) in [4.78, 5) is 96.9. The molecule has 1 N–H and O–H groups in total. The van der Waals surface area contributed by atoms with Crippen molar-refractivity contribution in [3.05, 3.63) is 168 Å². The molecule has 478 valence electrons. The molecule has 1 heterocycles. The second-order valence-electron chi connectivity index (χ2n) is 22.4. The normalized spacial score (nSPS) is 17.5. The molecule has 4 aromatic rings. The number of hydrogen-bond acceptors (Lipinski definition) is 15. The van der Waals surface area contributed by atoms with Crippen LogP contribution in [0.2, 0.25) is 0 Å². The topological polar surface area (TPSA) is 205 Å². The van der Waals surface area contributed by atoms with Gasteiger partial charge in [-0.15, -0.1) is 0 Å². The zero-order valence-electron chi connectivity index (χ0n) is 52.3. The van der Waals surface area contributed by atoms with Gasteiger partial charge >= 0.3 is 35.8 Å². The van der Waals surface area contributed by atoms with Crippen LogP contribution in [0, 0.1) is 0 Å². The van der Waals surface area contributed by atoms with Gasteiger partial charge in [-0.25, -0.2) is 19.2 Å². The molecule has 0 aliphatic carbocycles. The fraction of sp³-hybridized carbons (Fsp3) is 0.514. The summed E-state index contributed by atoms with van der Waals surface area (Å²) in [5, 5.41) is 2.96. The smallest absolute Gasteiger partial charge is 0.338 e. The van der Waals surface area contributed by atoms with E-state index in [1.165, 1.54) is 134 Å². The van der Waals surface area contributed by atoms with Gasteiger partial charge in [0, 0.05) is 13.8 Å². The van der Waals surface area contributed by atoms with Crippen molar-refractivity contribution in [2.45, 2.75) is 224 Å². The van der Waals surface area contributed by atoms with E-state index in [2.05, 4.69) is 31.3 Å². The lowest BCUT2D eigenvalue weighted by molar-refractivity contribution is -0.300. The Morgan fingerprint density at radius 2 is 0.875 bits per heavy atom. The minimum atomic E-state index is -1.76. The molecule has 16 nitrogen and oxygen atoms in total. The molecule has 1 amide bonds. The number of nitrogens with one attached hydrogen (secondary N) is 1. The first-order chi connectivity index (χ1) is 42.9. The number of carbonyl (C=O) groups is 7. The highest BCUT2D eigenvalue weighted by atomic mass is 16.7. The van der Waals surface area contributed by atoms with Crippen LogP contribution in [0.5, 0.6) is 0 Å². The minimum absolute atomic E-state index is 0.0908. The molecular formula is C72H95NO15. The van der Waals surface area contributed by atoms with Crippen molar-refractivity contribution >= 4 is 41.7 Å². The van der Waals surface area contributed by atoms with Crippen LogP contribution >= 0.6 is 0 Å². The maximum Gasteiger partial charge on any atom is 0.338 e. The van der Waals surface area contributed by atoms with E-state index in [4.69, 9.17) is 37.9 Å². The molecule has 1 aliphatic rings. The Morgan fingerprint density at radius 1 is 0.466 bits per heavy atom. The predicted octanol–water partition coefficient (Wildman–Crippen LogP) is 14.7. The van der Waals surface area contributed by atoms with Gasteiger partial charge in [-0.05, 0) is 93.1 Å². The van der Waals surface area contributed by atoms with Gasteiger partial charge < -0.3 is 43.2 Å². The maximum absolute atomic E-state index is 14.6. The van der Waals surface area contributed by atoms with Crippen molar-refractivity contribution in [2.24, 2.45) is 0 Å². The van der Waals surface area contributed by atoms with Crippen LogP contribution in [0.1, 0.15) is 217 Å². The van der Waals surface area contributed by atoms with E-state index in [-0.39, 0.29) is 28.7 Å². The minimum Gasteiger partial charge on any atom is -0.459 e. The van der Waals surface area contributed by atoms with Crippen molar-refractivity contribution in [2.75, 3.05) is 13.2 Å². The second kappa shape index (κ2) is 42.5. The molecule has 4 aromatic carbocycles. The number of allylic oxidation sites excluding steroid dienone is 3. The molecule has 5 rings (SSSR count). The van der Waals surface area contributed by atoms with Gasteiger partial charge in [0.05, 0.1) is 34.9 Å². The Labute approximate surface area is 521 Å². The predicted molar refractivity (Wildman–Crippen MR) is 337 cm³/mol. The lowest BCUT2D eigenvalue weighted by Gasteiger charge is -2.44. The van der Waals surface area contributed by atoms with Gasteiger partial charge in [0.1, 0.15) is 18.8 Å². The summed E-state index contributed by atoms with van der Waals surface area (Å²) in [6.07, 6.45) is 21.0. The van der Waals surface area contributed by atoms with Gasteiger partial charge in [-0.1, -0.05) is 214 Å². The van der Waals surface area contributed by atoms with E-state index in [0.29, 0.717) is 19.3 Å². The van der Waals surface area contributed by atoms with Crippen LogP contribution in [0.25, 0.3) is 0 Å². The van der Waals surface area contributed by atoms with Gasteiger partial charge in [-0.2, -0.15) is 0 Å². The fourth-order valence-corrected chi connectivity index (χ4v) is 10.3. The first kappa shape index (κ1) is 71.3. The zero-order chi connectivity index (χ0) is 63.0. The van der Waals surface area contributed by atoms with Crippen molar-refractivity contribution in [3.63, 3.8) is 0 Å². The summed E-state index contributed by atoms with van der Waals surface area (Å²) in [6.45, 7) is 5.72. The van der Waals surface area contributed by atoms with E-state index in [1.54, 1.807) is 91.0 Å². The molecule has 0 spiro atoms. The molecule has 1 fully saturated rings. The summed E-state index contributed by atoms with van der Waals surface area (Å²) in [6, 6.07) is 30.9. The highest BCUT2D eigenvalue weighted by Gasteiger charge is 2.54. The molecule has 0 radical (unpaired) electrons. The van der Waals surface area contributed by atoms with Crippen molar-refractivity contribution in [1.82, 2.24) is 5.32 Å². The summed E-state index contributed by atoms with van der Waals surface area (Å²) < 4.78 is 49.5. The number of ether oxygens (including phenoxy) is 8. The number of benzene rings is 4. The van der Waals surface area contributed by atoms with Crippen molar-refractivity contribution < 1.29 is 71.5 Å². The molecule has 0 bridgehead atoms. The third kappa shape index (κ3) is 27.3. The Morgan fingerprint density at radius 3 is 1.35 bits per heavy atom. The van der Waals surface area contributed by atoms with Gasteiger partial charge in [0.15, 0.2) is 30.7 Å². The number of unbranched alkanes of at least 4 members (excludes halogenated alkanes) is 19. The number of rotatable bonds is 42. The second-order valence-corrected chi connectivity index (χ2v) is 22.4. The van der Waals surface area contributed by atoms with Crippen molar-refractivity contribution in [1.29, 1.82) is 0 Å². The Bertz CT molecular complexity index is 2700. The zero-order valence-corrected chi connectivity index (χ0v) is 52.3. The molecule has 16 heteroatoms. The summed E-state index contributed by atoms with van der Waals surface area (Å²) >= 11 is 0. The molecule has 0 aromatic heterocycles. The number of esters is 6. The fourth-order valence-electron chi connectivity index (χ4n) is 10.3. The molecule has 8 atom stereocenters. The third-order valence-corrected chi connectivity index (χ3v) is 15.1. The van der Waals surface area contributed by atoms with Crippen molar-refractivity contribution in [3.8, 4) is 0 Å². The molecule has 88 heavy (non-hydrogen) atoms. The van der Waals surface area contributed by atoms with Crippen LogP contribution in [-0.2, 0) is 52.3 Å². The molecule has 1 aliphatic heterocycles. The van der Waals surface area contributed by atoms with Crippen LogP contribution in [0.3, 0.4) is 0 Å².